The molecule has 0 unspecified atom stereocenters. The molecule has 0 radical (unpaired) electrons. The summed E-state index contributed by atoms with van der Waals surface area (Å²) < 4.78 is 0. The van der Waals surface area contributed by atoms with Gasteiger partial charge >= 0.3 is 0 Å². The number of primary amides is 1. The first-order chi connectivity index (χ1) is 9.58. The summed E-state index contributed by atoms with van der Waals surface area (Å²) in [6.07, 6.45) is 2.32. The van der Waals surface area contributed by atoms with E-state index in [2.05, 4.69) is 29.4 Å². The van der Waals surface area contributed by atoms with Gasteiger partial charge in [-0.15, -0.1) is 0 Å². The minimum Gasteiger partial charge on any atom is -0.397 e. The number of amides is 1. The molecular formula is C15H18N4O. The number of nitrogen functional groups attached to an aromatic ring is 1. The van der Waals surface area contributed by atoms with Gasteiger partial charge in [0.15, 0.2) is 0 Å². The lowest BCUT2D eigenvalue weighted by Crippen LogP contribution is -2.15. The average Bonchev–Trinajstić information content (AvgIpc) is 2.42. The molecule has 1 amide bonds. The van der Waals surface area contributed by atoms with Gasteiger partial charge in [-0.2, -0.15) is 0 Å². The van der Waals surface area contributed by atoms with Crippen LogP contribution in [0, 0.1) is 6.92 Å². The molecule has 0 spiro atoms. The van der Waals surface area contributed by atoms with Gasteiger partial charge in [0.1, 0.15) is 5.82 Å². The summed E-state index contributed by atoms with van der Waals surface area (Å²) in [6, 6.07) is 9.81. The number of aryl methyl sites for hydroxylation is 1. The van der Waals surface area contributed by atoms with Gasteiger partial charge in [-0.1, -0.05) is 24.3 Å². The Morgan fingerprint density at radius 2 is 2.10 bits per heavy atom. The molecule has 0 aliphatic carbocycles. The van der Waals surface area contributed by atoms with E-state index in [0.29, 0.717) is 17.1 Å². The Hall–Kier alpha value is -2.56. The van der Waals surface area contributed by atoms with Gasteiger partial charge in [-0.25, -0.2) is 4.98 Å². The number of nitrogens with zero attached hydrogens (tertiary/aromatic N) is 1. The van der Waals surface area contributed by atoms with Gasteiger partial charge in [0.05, 0.1) is 17.4 Å². The fourth-order valence-corrected chi connectivity index (χ4v) is 1.99. The molecule has 5 N–H and O–H groups in total. The van der Waals surface area contributed by atoms with Gasteiger partial charge in [0.2, 0.25) is 0 Å². The molecule has 0 saturated carbocycles. The molecule has 0 bridgehead atoms. The van der Waals surface area contributed by atoms with Crippen molar-refractivity contribution in [3.63, 3.8) is 0 Å². The van der Waals surface area contributed by atoms with Crippen LogP contribution in [0.2, 0.25) is 0 Å². The second kappa shape index (κ2) is 6.06. The molecular weight excluding hydrogens is 252 g/mol. The van der Waals surface area contributed by atoms with Gasteiger partial charge in [0, 0.05) is 6.54 Å². The summed E-state index contributed by atoms with van der Waals surface area (Å²) in [6.45, 7) is 2.81. The number of carbonyl (C=O) groups is 1. The van der Waals surface area contributed by atoms with Crippen molar-refractivity contribution in [3.8, 4) is 0 Å². The van der Waals surface area contributed by atoms with Crippen LogP contribution < -0.4 is 16.8 Å². The van der Waals surface area contributed by atoms with Crippen molar-refractivity contribution in [2.75, 3.05) is 17.6 Å². The van der Waals surface area contributed by atoms with E-state index in [0.717, 1.165) is 13.0 Å². The SMILES string of the molecule is Cc1ccccc1CCNc1cc(C(N)=O)c(N)cn1. The minimum atomic E-state index is -0.549. The zero-order chi connectivity index (χ0) is 14.5. The zero-order valence-corrected chi connectivity index (χ0v) is 11.4. The van der Waals surface area contributed by atoms with Crippen LogP contribution in [-0.4, -0.2) is 17.4 Å². The Kier molecular flexibility index (Phi) is 4.20. The standard InChI is InChI=1S/C15H18N4O/c1-10-4-2-3-5-11(10)6-7-18-14-8-12(15(17)20)13(16)9-19-14/h2-5,8-9H,6-7,16H2,1H3,(H2,17,20)(H,18,19). The Morgan fingerprint density at radius 3 is 2.80 bits per heavy atom. The first-order valence-electron chi connectivity index (χ1n) is 6.41. The molecule has 1 heterocycles. The molecule has 0 fully saturated rings. The monoisotopic (exact) mass is 270 g/mol. The van der Waals surface area contributed by atoms with Crippen LogP contribution in [0.5, 0.6) is 0 Å². The van der Waals surface area contributed by atoms with Crippen LogP contribution in [0.25, 0.3) is 0 Å². The molecule has 1 aromatic heterocycles. The molecule has 0 saturated heterocycles. The Labute approximate surface area is 118 Å². The Balaban J connectivity index is 2.00. The molecule has 5 heteroatoms. The molecule has 20 heavy (non-hydrogen) atoms. The van der Waals surface area contributed by atoms with Crippen LogP contribution in [0.3, 0.4) is 0 Å². The van der Waals surface area contributed by atoms with E-state index in [4.69, 9.17) is 11.5 Å². The van der Waals surface area contributed by atoms with Gasteiger partial charge in [0.25, 0.3) is 5.91 Å². The normalized spacial score (nSPS) is 10.2. The topological polar surface area (TPSA) is 94.0 Å². The maximum atomic E-state index is 11.2. The number of pyridine rings is 1. The molecule has 0 atom stereocenters. The van der Waals surface area contributed by atoms with Crippen LogP contribution >= 0.6 is 0 Å². The van der Waals surface area contributed by atoms with Crippen molar-refractivity contribution in [3.05, 3.63) is 53.2 Å². The number of hydrogen-bond donors (Lipinski definition) is 3. The molecule has 0 aliphatic rings. The van der Waals surface area contributed by atoms with E-state index in [1.807, 2.05) is 12.1 Å². The van der Waals surface area contributed by atoms with Gasteiger partial charge in [-0.05, 0) is 30.5 Å². The third-order valence-electron chi connectivity index (χ3n) is 3.16. The highest BCUT2D eigenvalue weighted by Gasteiger charge is 2.07. The second-order valence-electron chi connectivity index (χ2n) is 4.62. The molecule has 5 nitrogen and oxygen atoms in total. The van der Waals surface area contributed by atoms with Gasteiger partial charge in [-0.3, -0.25) is 4.79 Å². The lowest BCUT2D eigenvalue weighted by atomic mass is 10.1. The highest BCUT2D eigenvalue weighted by Crippen LogP contribution is 2.14. The lowest BCUT2D eigenvalue weighted by Gasteiger charge is -2.09. The molecule has 1 aromatic carbocycles. The zero-order valence-electron chi connectivity index (χ0n) is 11.4. The highest BCUT2D eigenvalue weighted by atomic mass is 16.1. The summed E-state index contributed by atoms with van der Waals surface area (Å²) in [5, 5.41) is 3.17. The van der Waals surface area contributed by atoms with Crippen molar-refractivity contribution in [1.82, 2.24) is 4.98 Å². The summed E-state index contributed by atoms with van der Waals surface area (Å²) in [7, 11) is 0. The maximum Gasteiger partial charge on any atom is 0.250 e. The van der Waals surface area contributed by atoms with E-state index in [9.17, 15) is 4.79 Å². The molecule has 0 aliphatic heterocycles. The average molecular weight is 270 g/mol. The largest absolute Gasteiger partial charge is 0.397 e. The number of rotatable bonds is 5. The number of benzene rings is 1. The number of anilines is 2. The molecule has 2 aromatic rings. The van der Waals surface area contributed by atoms with E-state index in [1.54, 1.807) is 6.07 Å². The smallest absolute Gasteiger partial charge is 0.250 e. The number of nitrogens with two attached hydrogens (primary N) is 2. The van der Waals surface area contributed by atoms with Crippen molar-refractivity contribution in [2.45, 2.75) is 13.3 Å². The van der Waals surface area contributed by atoms with Crippen LogP contribution in [0.15, 0.2) is 36.5 Å². The van der Waals surface area contributed by atoms with E-state index in [-0.39, 0.29) is 0 Å². The third kappa shape index (κ3) is 3.26. The maximum absolute atomic E-state index is 11.2. The van der Waals surface area contributed by atoms with E-state index < -0.39 is 5.91 Å². The van der Waals surface area contributed by atoms with E-state index in [1.165, 1.54) is 17.3 Å². The van der Waals surface area contributed by atoms with Crippen molar-refractivity contribution >= 4 is 17.4 Å². The predicted octanol–water partition coefficient (Wildman–Crippen LogP) is 1.73. The predicted molar refractivity (Wildman–Crippen MR) is 80.5 cm³/mol. The summed E-state index contributed by atoms with van der Waals surface area (Å²) >= 11 is 0. The second-order valence-corrected chi connectivity index (χ2v) is 4.62. The van der Waals surface area contributed by atoms with Crippen LogP contribution in [0.4, 0.5) is 11.5 Å². The number of carbonyl (C=O) groups excluding carboxylic acids is 1. The number of nitrogens with one attached hydrogen (secondary N) is 1. The fourth-order valence-electron chi connectivity index (χ4n) is 1.99. The fraction of sp³-hybridized carbons (Fsp3) is 0.200. The Bertz CT molecular complexity index is 625. The number of hydrogen-bond acceptors (Lipinski definition) is 4. The first kappa shape index (κ1) is 13.9. The van der Waals surface area contributed by atoms with Gasteiger partial charge < -0.3 is 16.8 Å². The van der Waals surface area contributed by atoms with Crippen LogP contribution in [-0.2, 0) is 6.42 Å². The quantitative estimate of drug-likeness (QED) is 0.771. The summed E-state index contributed by atoms with van der Waals surface area (Å²) in [5.41, 5.74) is 14.0. The minimum absolute atomic E-state index is 0.290. The molecule has 104 valence electrons. The summed E-state index contributed by atoms with van der Waals surface area (Å²) in [4.78, 5) is 15.3. The summed E-state index contributed by atoms with van der Waals surface area (Å²) in [5.74, 6) is 0.0495. The van der Waals surface area contributed by atoms with Crippen molar-refractivity contribution in [2.24, 2.45) is 5.73 Å². The third-order valence-corrected chi connectivity index (χ3v) is 3.16. The molecule has 2 rings (SSSR count). The first-order valence-corrected chi connectivity index (χ1v) is 6.41. The lowest BCUT2D eigenvalue weighted by molar-refractivity contribution is 0.100. The van der Waals surface area contributed by atoms with Crippen LogP contribution in [0.1, 0.15) is 21.5 Å². The number of aromatic nitrogens is 1. The Morgan fingerprint density at radius 1 is 1.35 bits per heavy atom. The van der Waals surface area contributed by atoms with Crippen molar-refractivity contribution < 1.29 is 4.79 Å². The highest BCUT2D eigenvalue weighted by molar-refractivity contribution is 5.98. The van der Waals surface area contributed by atoms with E-state index >= 15 is 0 Å². The van der Waals surface area contributed by atoms with Crippen molar-refractivity contribution in [1.29, 1.82) is 0 Å².